The molecule has 0 spiro atoms. The molecule has 0 aliphatic rings. The second-order valence-corrected chi connectivity index (χ2v) is 10.1. The van der Waals surface area contributed by atoms with E-state index in [4.69, 9.17) is 10.8 Å². The number of carboxylic acids is 2. The zero-order valence-corrected chi connectivity index (χ0v) is 22.7. The molecule has 2 aromatic rings. The molecular weight excluding hydrogens is 540 g/mol. The summed E-state index contributed by atoms with van der Waals surface area (Å²) in [5.41, 5.74) is 6.92. The van der Waals surface area contributed by atoms with Crippen LogP contribution in [0.3, 0.4) is 0 Å². The maximum atomic E-state index is 13.3. The summed E-state index contributed by atoms with van der Waals surface area (Å²) in [4.78, 5) is 61.9. The van der Waals surface area contributed by atoms with Gasteiger partial charge in [-0.05, 0) is 41.7 Å². The van der Waals surface area contributed by atoms with Crippen LogP contribution in [-0.4, -0.2) is 81.2 Å². The van der Waals surface area contributed by atoms with Gasteiger partial charge in [0.25, 0.3) is 0 Å². The van der Waals surface area contributed by atoms with E-state index in [-0.39, 0.29) is 25.0 Å². The molecule has 4 atom stereocenters. The van der Waals surface area contributed by atoms with Crippen molar-refractivity contribution in [2.75, 3.05) is 12.0 Å². The first kappa shape index (κ1) is 32.1. The van der Waals surface area contributed by atoms with Crippen molar-refractivity contribution < 1.29 is 39.3 Å². The molecule has 0 radical (unpaired) electrons. The van der Waals surface area contributed by atoms with Gasteiger partial charge in [-0.2, -0.15) is 11.8 Å². The molecule has 13 heteroatoms. The van der Waals surface area contributed by atoms with E-state index >= 15 is 0 Å². The number of phenolic OH excluding ortho intramolecular Hbond substituents is 1. The molecule has 2 rings (SSSR count). The summed E-state index contributed by atoms with van der Waals surface area (Å²) < 4.78 is 0. The molecule has 3 amide bonds. The Balaban J connectivity index is 2.22. The number of hydrogen-bond donors (Lipinski definition) is 7. The molecule has 0 fully saturated rings. The Bertz CT molecular complexity index is 1160. The molecule has 4 unspecified atom stereocenters. The first-order chi connectivity index (χ1) is 19.0. The number of benzene rings is 2. The third kappa shape index (κ3) is 10.9. The van der Waals surface area contributed by atoms with Crippen LogP contribution in [0.5, 0.6) is 5.75 Å². The highest BCUT2D eigenvalue weighted by Crippen LogP contribution is 2.13. The highest BCUT2D eigenvalue weighted by molar-refractivity contribution is 7.98. The molecule has 8 N–H and O–H groups in total. The number of phenols is 1. The molecule has 40 heavy (non-hydrogen) atoms. The Hall–Kier alpha value is -4.10. The van der Waals surface area contributed by atoms with Crippen LogP contribution in [0, 0.1) is 0 Å². The highest BCUT2D eigenvalue weighted by Gasteiger charge is 2.31. The monoisotopic (exact) mass is 574 g/mol. The van der Waals surface area contributed by atoms with Crippen LogP contribution in [0.2, 0.25) is 0 Å². The molecule has 216 valence electrons. The van der Waals surface area contributed by atoms with Crippen molar-refractivity contribution in [3.05, 3.63) is 65.7 Å². The summed E-state index contributed by atoms with van der Waals surface area (Å²) in [6, 6.07) is 9.61. The van der Waals surface area contributed by atoms with E-state index in [0.717, 1.165) is 0 Å². The SMILES string of the molecule is CSCCC(NC(=O)C(Cc1ccc(O)cc1)NC(=O)C(N)CC(=O)O)C(=O)NC(Cc1ccccc1)C(=O)O. The van der Waals surface area contributed by atoms with Crippen molar-refractivity contribution in [3.8, 4) is 5.75 Å². The molecule has 0 bridgehead atoms. The van der Waals surface area contributed by atoms with E-state index in [0.29, 0.717) is 16.9 Å². The van der Waals surface area contributed by atoms with E-state index < -0.39 is 60.2 Å². The van der Waals surface area contributed by atoms with Gasteiger partial charge >= 0.3 is 11.9 Å². The minimum Gasteiger partial charge on any atom is -0.508 e. The molecule has 12 nitrogen and oxygen atoms in total. The van der Waals surface area contributed by atoms with Crippen LogP contribution in [-0.2, 0) is 36.8 Å². The fraction of sp³-hybridized carbons (Fsp3) is 0.370. The number of nitrogens with one attached hydrogen (secondary N) is 3. The lowest BCUT2D eigenvalue weighted by Crippen LogP contribution is -2.58. The molecule has 0 aliphatic carbocycles. The topological polar surface area (TPSA) is 208 Å². The summed E-state index contributed by atoms with van der Waals surface area (Å²) in [6.45, 7) is 0. The number of thioether (sulfide) groups is 1. The van der Waals surface area contributed by atoms with E-state index in [1.54, 1.807) is 30.3 Å². The second kappa shape index (κ2) is 16.1. The number of amides is 3. The maximum absolute atomic E-state index is 13.3. The van der Waals surface area contributed by atoms with Gasteiger partial charge < -0.3 is 37.0 Å². The number of aromatic hydroxyl groups is 1. The van der Waals surface area contributed by atoms with Gasteiger partial charge in [-0.1, -0.05) is 42.5 Å². The average molecular weight is 575 g/mol. The number of carbonyl (C=O) groups excluding carboxylic acids is 3. The maximum Gasteiger partial charge on any atom is 0.326 e. The lowest BCUT2D eigenvalue weighted by atomic mass is 10.0. The van der Waals surface area contributed by atoms with Gasteiger partial charge in [0.2, 0.25) is 17.7 Å². The van der Waals surface area contributed by atoms with E-state index in [2.05, 4.69) is 16.0 Å². The lowest BCUT2D eigenvalue weighted by molar-refractivity contribution is -0.142. The van der Waals surface area contributed by atoms with Crippen molar-refractivity contribution in [3.63, 3.8) is 0 Å². The van der Waals surface area contributed by atoms with Crippen molar-refractivity contribution >= 4 is 41.4 Å². The Morgan fingerprint density at radius 2 is 1.30 bits per heavy atom. The summed E-state index contributed by atoms with van der Waals surface area (Å²) in [5.74, 6) is -4.40. The largest absolute Gasteiger partial charge is 0.508 e. The molecule has 0 heterocycles. The van der Waals surface area contributed by atoms with Crippen molar-refractivity contribution in [1.29, 1.82) is 0 Å². The average Bonchev–Trinajstić information content (AvgIpc) is 2.91. The summed E-state index contributed by atoms with van der Waals surface area (Å²) >= 11 is 1.42. The van der Waals surface area contributed by atoms with Crippen LogP contribution in [0.1, 0.15) is 24.0 Å². The Morgan fingerprint density at radius 1 is 0.775 bits per heavy atom. The van der Waals surface area contributed by atoms with Gasteiger partial charge in [-0.3, -0.25) is 19.2 Å². The summed E-state index contributed by atoms with van der Waals surface area (Å²) in [7, 11) is 0. The molecule has 0 aliphatic heterocycles. The second-order valence-electron chi connectivity index (χ2n) is 9.07. The zero-order chi connectivity index (χ0) is 29.7. The first-order valence-corrected chi connectivity index (χ1v) is 13.8. The van der Waals surface area contributed by atoms with Crippen LogP contribution >= 0.6 is 11.8 Å². The first-order valence-electron chi connectivity index (χ1n) is 12.4. The third-order valence-corrected chi connectivity index (χ3v) is 6.53. The Labute approximate surface area is 235 Å². The highest BCUT2D eigenvalue weighted by atomic mass is 32.2. The van der Waals surface area contributed by atoms with E-state index in [1.165, 1.54) is 36.0 Å². The molecule has 2 aromatic carbocycles. The molecular formula is C27H34N4O8S. The quantitative estimate of drug-likeness (QED) is 0.146. The fourth-order valence-electron chi connectivity index (χ4n) is 3.74. The van der Waals surface area contributed by atoms with Gasteiger partial charge in [0.1, 0.15) is 23.9 Å². The number of aliphatic carboxylic acids is 2. The Kier molecular flexibility index (Phi) is 12.9. The number of carboxylic acid groups (broad SMARTS) is 2. The Morgan fingerprint density at radius 3 is 1.88 bits per heavy atom. The fourth-order valence-corrected chi connectivity index (χ4v) is 4.21. The van der Waals surface area contributed by atoms with Gasteiger partial charge in [0.15, 0.2) is 0 Å². The van der Waals surface area contributed by atoms with Gasteiger partial charge in [-0.25, -0.2) is 4.79 Å². The van der Waals surface area contributed by atoms with Crippen molar-refractivity contribution in [1.82, 2.24) is 16.0 Å². The number of hydrogen-bond acceptors (Lipinski definition) is 8. The number of rotatable bonds is 16. The van der Waals surface area contributed by atoms with Crippen LogP contribution in [0.15, 0.2) is 54.6 Å². The molecule has 0 saturated carbocycles. The number of nitrogens with two attached hydrogens (primary N) is 1. The van der Waals surface area contributed by atoms with Crippen molar-refractivity contribution in [2.24, 2.45) is 5.73 Å². The van der Waals surface area contributed by atoms with Gasteiger partial charge in [0, 0.05) is 12.8 Å². The zero-order valence-electron chi connectivity index (χ0n) is 21.9. The van der Waals surface area contributed by atoms with Crippen LogP contribution in [0.25, 0.3) is 0 Å². The normalized spacial score (nSPS) is 13.8. The molecule has 0 aromatic heterocycles. The summed E-state index contributed by atoms with van der Waals surface area (Å²) in [5, 5.41) is 35.7. The summed E-state index contributed by atoms with van der Waals surface area (Å²) in [6.07, 6.45) is 1.31. The predicted molar refractivity (Wildman–Crippen MR) is 149 cm³/mol. The van der Waals surface area contributed by atoms with Gasteiger partial charge in [-0.15, -0.1) is 0 Å². The van der Waals surface area contributed by atoms with E-state index in [1.807, 2.05) is 6.26 Å². The minimum atomic E-state index is -1.42. The third-order valence-electron chi connectivity index (χ3n) is 5.88. The minimum absolute atomic E-state index is 0.00504. The standard InChI is InChI=1S/C27H34N4O8S/c1-40-12-11-20(25(36)31-22(27(38)39)14-16-5-3-2-4-6-16)29-26(37)21(13-17-7-9-18(32)10-8-17)30-24(35)19(28)15-23(33)34/h2-10,19-22,32H,11-15,28H2,1H3,(H,29,37)(H,30,35)(H,31,36)(H,33,34)(H,38,39). The van der Waals surface area contributed by atoms with Crippen molar-refractivity contribution in [2.45, 2.75) is 49.9 Å². The van der Waals surface area contributed by atoms with Crippen LogP contribution < -0.4 is 21.7 Å². The van der Waals surface area contributed by atoms with Gasteiger partial charge in [0.05, 0.1) is 12.5 Å². The molecule has 0 saturated heterocycles. The van der Waals surface area contributed by atoms with Crippen LogP contribution in [0.4, 0.5) is 0 Å². The number of carbonyl (C=O) groups is 5. The smallest absolute Gasteiger partial charge is 0.326 e. The van der Waals surface area contributed by atoms with E-state index in [9.17, 15) is 34.2 Å². The predicted octanol–water partition coefficient (Wildman–Crippen LogP) is 0.272. The lowest BCUT2D eigenvalue weighted by Gasteiger charge is -2.25.